The smallest absolute Gasteiger partial charge is 0.253 e. The Kier molecular flexibility index (Phi) is 3.71. The van der Waals surface area contributed by atoms with Crippen LogP contribution in [0.25, 0.3) is 16.2 Å². The van der Waals surface area contributed by atoms with Gasteiger partial charge in [0.25, 0.3) is 11.8 Å². The van der Waals surface area contributed by atoms with Crippen LogP contribution in [0.5, 0.6) is 0 Å². The fourth-order valence-corrected chi connectivity index (χ4v) is 3.51. The molecular formula is C17H15NO2S. The van der Waals surface area contributed by atoms with Gasteiger partial charge in [-0.3, -0.25) is 14.5 Å². The summed E-state index contributed by atoms with van der Waals surface area (Å²) >= 11 is 1.66. The summed E-state index contributed by atoms with van der Waals surface area (Å²) in [5, 5.41) is 1.21. The monoisotopic (exact) mass is 297 g/mol. The molecule has 1 aliphatic heterocycles. The minimum atomic E-state index is -0.249. The van der Waals surface area contributed by atoms with Gasteiger partial charge in [-0.05, 0) is 42.5 Å². The molecule has 1 aromatic carbocycles. The van der Waals surface area contributed by atoms with Crippen molar-refractivity contribution in [3.05, 3.63) is 52.9 Å². The molecule has 0 aliphatic carbocycles. The van der Waals surface area contributed by atoms with E-state index in [1.807, 2.05) is 18.2 Å². The fraction of sp³-hybridized carbons (Fsp3) is 0.176. The Labute approximate surface area is 127 Å². The third kappa shape index (κ3) is 2.67. The van der Waals surface area contributed by atoms with Crippen molar-refractivity contribution in [2.24, 2.45) is 0 Å². The number of rotatable bonds is 2. The predicted octanol–water partition coefficient (Wildman–Crippen LogP) is 3.54. The standard InChI is InChI=1S/C17H15NO2S/c1-12-13-6-2-3-7-15(13)21-14(12)9-10-17(20)18-11-5-4-8-16(18)19/h2-4,6-10H,5,11H2,1H3/b10-9+. The summed E-state index contributed by atoms with van der Waals surface area (Å²) in [6.45, 7) is 2.52. The highest BCUT2D eigenvalue weighted by molar-refractivity contribution is 7.20. The van der Waals surface area contributed by atoms with E-state index in [-0.39, 0.29) is 11.8 Å². The Morgan fingerprint density at radius 3 is 2.90 bits per heavy atom. The molecule has 0 fully saturated rings. The normalized spacial score (nSPS) is 15.3. The number of nitrogens with zero attached hydrogens (tertiary/aromatic N) is 1. The van der Waals surface area contributed by atoms with Gasteiger partial charge >= 0.3 is 0 Å². The van der Waals surface area contributed by atoms with E-state index < -0.39 is 0 Å². The molecule has 2 amide bonds. The highest BCUT2D eigenvalue weighted by Crippen LogP contribution is 2.31. The summed E-state index contributed by atoms with van der Waals surface area (Å²) in [5.74, 6) is -0.481. The lowest BCUT2D eigenvalue weighted by Gasteiger charge is -2.19. The Balaban J connectivity index is 1.84. The van der Waals surface area contributed by atoms with Crippen molar-refractivity contribution in [3.63, 3.8) is 0 Å². The molecule has 4 heteroatoms. The highest BCUT2D eigenvalue weighted by atomic mass is 32.1. The largest absolute Gasteiger partial charge is 0.275 e. The van der Waals surface area contributed by atoms with Crippen LogP contribution in [0.15, 0.2) is 42.5 Å². The van der Waals surface area contributed by atoms with Crippen molar-refractivity contribution < 1.29 is 9.59 Å². The van der Waals surface area contributed by atoms with E-state index >= 15 is 0 Å². The number of hydrogen-bond donors (Lipinski definition) is 0. The van der Waals surface area contributed by atoms with E-state index in [4.69, 9.17) is 0 Å². The molecule has 3 nitrogen and oxygen atoms in total. The van der Waals surface area contributed by atoms with Crippen molar-refractivity contribution >= 4 is 39.3 Å². The third-order valence-electron chi connectivity index (χ3n) is 3.57. The maximum atomic E-state index is 12.1. The number of imide groups is 1. The molecule has 0 spiro atoms. The Bertz CT molecular complexity index is 770. The summed E-state index contributed by atoms with van der Waals surface area (Å²) in [6, 6.07) is 8.18. The number of amides is 2. The molecule has 2 aromatic rings. The minimum absolute atomic E-state index is 0.232. The van der Waals surface area contributed by atoms with E-state index in [9.17, 15) is 9.59 Å². The fourth-order valence-electron chi connectivity index (χ4n) is 2.40. The number of fused-ring (bicyclic) bond motifs is 1. The first-order chi connectivity index (χ1) is 10.2. The van der Waals surface area contributed by atoms with Crippen molar-refractivity contribution in [2.75, 3.05) is 6.54 Å². The average molecular weight is 297 g/mol. The Hall–Kier alpha value is -2.20. The Morgan fingerprint density at radius 2 is 2.14 bits per heavy atom. The van der Waals surface area contributed by atoms with Crippen LogP contribution in [-0.2, 0) is 9.59 Å². The molecule has 1 aliphatic rings. The number of carbonyl (C=O) groups is 2. The third-order valence-corrected chi connectivity index (χ3v) is 4.81. The minimum Gasteiger partial charge on any atom is -0.275 e. The first-order valence-electron chi connectivity index (χ1n) is 6.85. The molecule has 0 radical (unpaired) electrons. The van der Waals surface area contributed by atoms with Gasteiger partial charge in [0.15, 0.2) is 0 Å². The van der Waals surface area contributed by atoms with Gasteiger partial charge in [0.1, 0.15) is 0 Å². The molecule has 0 unspecified atom stereocenters. The highest BCUT2D eigenvalue weighted by Gasteiger charge is 2.19. The number of thiophene rings is 1. The van der Waals surface area contributed by atoms with E-state index in [2.05, 4.69) is 19.1 Å². The van der Waals surface area contributed by atoms with Crippen molar-refractivity contribution in [3.8, 4) is 0 Å². The maximum absolute atomic E-state index is 12.1. The first kappa shape index (κ1) is 13.8. The molecule has 2 heterocycles. The van der Waals surface area contributed by atoms with Gasteiger partial charge in [-0.25, -0.2) is 0 Å². The number of carbonyl (C=O) groups excluding carboxylic acids is 2. The summed E-state index contributed by atoms with van der Waals surface area (Å²) in [7, 11) is 0. The SMILES string of the molecule is Cc1c(/C=C/C(=O)N2CCC=CC2=O)sc2ccccc12. The zero-order chi connectivity index (χ0) is 14.8. The molecule has 3 rings (SSSR count). The lowest BCUT2D eigenvalue weighted by atomic mass is 10.1. The van der Waals surface area contributed by atoms with Gasteiger partial charge in [0.05, 0.1) is 0 Å². The molecular weight excluding hydrogens is 282 g/mol. The lowest BCUT2D eigenvalue weighted by Crippen LogP contribution is -2.37. The van der Waals surface area contributed by atoms with Gasteiger partial charge in [-0.1, -0.05) is 24.3 Å². The van der Waals surface area contributed by atoms with E-state index in [1.165, 1.54) is 32.7 Å². The molecule has 0 atom stereocenters. The van der Waals surface area contributed by atoms with Crippen LogP contribution >= 0.6 is 11.3 Å². The van der Waals surface area contributed by atoms with Crippen LogP contribution in [0.4, 0.5) is 0 Å². The second kappa shape index (κ2) is 5.66. The predicted molar refractivity (Wildman–Crippen MR) is 86.1 cm³/mol. The van der Waals surface area contributed by atoms with E-state index in [1.54, 1.807) is 17.4 Å². The van der Waals surface area contributed by atoms with E-state index in [0.717, 1.165) is 11.3 Å². The lowest BCUT2D eigenvalue weighted by molar-refractivity contribution is -0.139. The van der Waals surface area contributed by atoms with Gasteiger partial charge in [-0.2, -0.15) is 0 Å². The molecule has 0 saturated heterocycles. The van der Waals surface area contributed by atoms with Crippen molar-refractivity contribution in [1.29, 1.82) is 0 Å². The molecule has 21 heavy (non-hydrogen) atoms. The van der Waals surface area contributed by atoms with Crippen LogP contribution < -0.4 is 0 Å². The molecule has 0 saturated carbocycles. The summed E-state index contributed by atoms with van der Waals surface area (Å²) in [4.78, 5) is 26.1. The average Bonchev–Trinajstić information content (AvgIpc) is 2.82. The topological polar surface area (TPSA) is 37.4 Å². The van der Waals surface area contributed by atoms with E-state index in [0.29, 0.717) is 6.54 Å². The summed E-state index contributed by atoms with van der Waals surface area (Å²) in [6.07, 6.45) is 7.29. The van der Waals surface area contributed by atoms with Crippen LogP contribution in [0.3, 0.4) is 0 Å². The summed E-state index contributed by atoms with van der Waals surface area (Å²) < 4.78 is 1.21. The molecule has 106 valence electrons. The van der Waals surface area contributed by atoms with Crippen LogP contribution in [-0.4, -0.2) is 23.3 Å². The quantitative estimate of drug-likeness (QED) is 0.795. The molecule has 0 bridgehead atoms. The van der Waals surface area contributed by atoms with Gasteiger partial charge in [-0.15, -0.1) is 11.3 Å². The second-order valence-electron chi connectivity index (χ2n) is 4.94. The first-order valence-corrected chi connectivity index (χ1v) is 7.66. The van der Waals surface area contributed by atoms with Gasteiger partial charge in [0.2, 0.25) is 0 Å². The maximum Gasteiger partial charge on any atom is 0.253 e. The molecule has 1 aromatic heterocycles. The summed E-state index contributed by atoms with van der Waals surface area (Å²) in [5.41, 5.74) is 1.17. The zero-order valence-electron chi connectivity index (χ0n) is 11.7. The van der Waals surface area contributed by atoms with Gasteiger partial charge < -0.3 is 0 Å². The number of hydrogen-bond acceptors (Lipinski definition) is 3. The zero-order valence-corrected chi connectivity index (χ0v) is 12.5. The second-order valence-corrected chi connectivity index (χ2v) is 6.02. The number of aryl methyl sites for hydroxylation is 1. The van der Waals surface area contributed by atoms with Crippen LogP contribution in [0.1, 0.15) is 16.9 Å². The molecule has 0 N–H and O–H groups in total. The van der Waals surface area contributed by atoms with Crippen molar-refractivity contribution in [2.45, 2.75) is 13.3 Å². The van der Waals surface area contributed by atoms with Crippen LogP contribution in [0.2, 0.25) is 0 Å². The van der Waals surface area contributed by atoms with Crippen LogP contribution in [0, 0.1) is 6.92 Å². The number of benzene rings is 1. The van der Waals surface area contributed by atoms with Gasteiger partial charge in [0, 0.05) is 22.2 Å². The van der Waals surface area contributed by atoms with Crippen molar-refractivity contribution in [1.82, 2.24) is 4.90 Å². The Morgan fingerprint density at radius 1 is 1.33 bits per heavy atom.